The summed E-state index contributed by atoms with van der Waals surface area (Å²) in [7, 11) is 0. The first-order chi connectivity index (χ1) is 25.3. The highest BCUT2D eigenvalue weighted by Gasteiger charge is 2.29. The van der Waals surface area contributed by atoms with Crippen LogP contribution in [0.3, 0.4) is 0 Å². The predicted octanol–water partition coefficient (Wildman–Crippen LogP) is 7.01. The Morgan fingerprint density at radius 2 is 1.77 bits per heavy atom. The Labute approximate surface area is 310 Å². The number of piperidine rings is 1. The van der Waals surface area contributed by atoms with Crippen molar-refractivity contribution in [2.75, 3.05) is 32.8 Å². The van der Waals surface area contributed by atoms with Gasteiger partial charge in [0.25, 0.3) is 0 Å². The molecule has 3 aromatic carbocycles. The average molecular weight is 725 g/mol. The number of nitrogens with zero attached hydrogens (tertiary/aromatic N) is 4. The van der Waals surface area contributed by atoms with Crippen molar-refractivity contribution in [2.24, 2.45) is 0 Å². The number of carboxylic acid groups (broad SMARTS) is 1. The van der Waals surface area contributed by atoms with E-state index in [-0.39, 0.29) is 19.3 Å². The highest BCUT2D eigenvalue weighted by Crippen LogP contribution is 2.37. The fraction of sp³-hybridized carbons (Fsp3) is 0.390. The number of carboxylic acids is 1. The second-order valence-corrected chi connectivity index (χ2v) is 13.9. The molecule has 2 aliphatic rings. The molecule has 1 aromatic heterocycles. The van der Waals surface area contributed by atoms with Gasteiger partial charge in [-0.15, -0.1) is 0 Å². The van der Waals surface area contributed by atoms with Crippen LogP contribution in [0.15, 0.2) is 73.1 Å². The number of benzene rings is 3. The third-order valence-corrected chi connectivity index (χ3v) is 10.1. The van der Waals surface area contributed by atoms with Crippen molar-refractivity contribution in [3.05, 3.63) is 106 Å². The number of ether oxygens (including phenoxy) is 3. The monoisotopic (exact) mass is 724 g/mol. The third kappa shape index (κ3) is 9.41. The number of β-amino-alcohol motifs (C(OH)–C–C–N with tert-alkyl or cyclic N) is 1. The van der Waals surface area contributed by atoms with E-state index in [1.165, 1.54) is 6.20 Å². The molecule has 2 saturated heterocycles. The van der Waals surface area contributed by atoms with Crippen LogP contribution in [0.2, 0.25) is 5.02 Å². The van der Waals surface area contributed by atoms with E-state index in [4.69, 9.17) is 25.8 Å². The van der Waals surface area contributed by atoms with Crippen LogP contribution >= 0.6 is 11.6 Å². The van der Waals surface area contributed by atoms with Gasteiger partial charge in [0.15, 0.2) is 0 Å². The van der Waals surface area contributed by atoms with E-state index in [0.29, 0.717) is 48.2 Å². The molecule has 0 unspecified atom stereocenters. The van der Waals surface area contributed by atoms with Gasteiger partial charge in [-0.05, 0) is 74.0 Å². The van der Waals surface area contributed by atoms with Crippen molar-refractivity contribution < 1.29 is 29.2 Å². The Balaban J connectivity index is 1.19. The van der Waals surface area contributed by atoms with E-state index in [9.17, 15) is 20.3 Å². The van der Waals surface area contributed by atoms with Crippen molar-refractivity contribution in [3.8, 4) is 34.4 Å². The number of aromatic nitrogens is 1. The van der Waals surface area contributed by atoms with Crippen LogP contribution in [0.25, 0.3) is 11.1 Å². The summed E-state index contributed by atoms with van der Waals surface area (Å²) in [5, 5.41) is 29.4. The standard InChI is InChI=1S/C41H45ClN4O6/c1-28-31(8-6-10-34(28)35-9-2-3-12-38(35)50-17-7-14-45-16-13-33(47)25-45)27-52-40-20-39(51-26-30-18-29(21-43)22-44-23-30)32(19-36(40)42)24-46-15-5-4-11-37(46)41(48)49/h2-3,6,8-10,12,18-20,22-23,33,37,47H,4-5,7,11,13-17,24-27H2,1H3,(H,48,49)/t33-,37+/m1/s1. The fourth-order valence-corrected chi connectivity index (χ4v) is 7.24. The first kappa shape index (κ1) is 37.1. The molecule has 6 rings (SSSR count). The molecule has 2 atom stereocenters. The predicted molar refractivity (Wildman–Crippen MR) is 199 cm³/mol. The smallest absolute Gasteiger partial charge is 0.320 e. The minimum absolute atomic E-state index is 0.156. The number of rotatable bonds is 15. The normalized spacial score (nSPS) is 17.8. The Bertz CT molecular complexity index is 1900. The highest BCUT2D eigenvalue weighted by atomic mass is 35.5. The van der Waals surface area contributed by atoms with Gasteiger partial charge < -0.3 is 29.3 Å². The van der Waals surface area contributed by atoms with E-state index in [2.05, 4.69) is 35.0 Å². The van der Waals surface area contributed by atoms with Crippen LogP contribution in [-0.2, 0) is 24.6 Å². The summed E-state index contributed by atoms with van der Waals surface area (Å²) in [6, 6.07) is 21.0. The quantitative estimate of drug-likeness (QED) is 0.124. The Kier molecular flexibility index (Phi) is 12.6. The second-order valence-electron chi connectivity index (χ2n) is 13.5. The summed E-state index contributed by atoms with van der Waals surface area (Å²) in [5.74, 6) is 0.948. The largest absolute Gasteiger partial charge is 0.493 e. The molecule has 272 valence electrons. The summed E-state index contributed by atoms with van der Waals surface area (Å²) in [4.78, 5) is 20.4. The number of hydrogen-bond acceptors (Lipinski definition) is 9. The molecule has 2 fully saturated rings. The third-order valence-electron chi connectivity index (χ3n) is 9.84. The van der Waals surface area contributed by atoms with Crippen LogP contribution in [0, 0.1) is 18.3 Å². The van der Waals surface area contributed by atoms with Gasteiger partial charge in [-0.3, -0.25) is 14.7 Å². The number of nitriles is 1. The molecule has 0 aliphatic carbocycles. The molecule has 52 heavy (non-hydrogen) atoms. The molecule has 0 bridgehead atoms. The summed E-state index contributed by atoms with van der Waals surface area (Å²) >= 11 is 6.84. The lowest BCUT2D eigenvalue weighted by atomic mass is 9.96. The Hall–Kier alpha value is -4.66. The molecule has 0 amide bonds. The van der Waals surface area contributed by atoms with Crippen molar-refractivity contribution in [1.29, 1.82) is 5.26 Å². The first-order valence-electron chi connectivity index (χ1n) is 17.9. The molecule has 2 N–H and O–H groups in total. The molecular formula is C41H45ClN4O6. The van der Waals surface area contributed by atoms with Gasteiger partial charge in [-0.2, -0.15) is 5.26 Å². The summed E-state index contributed by atoms with van der Waals surface area (Å²) in [6.07, 6.45) is 7.02. The maximum atomic E-state index is 12.1. The average Bonchev–Trinajstić information content (AvgIpc) is 3.58. The molecule has 3 heterocycles. The van der Waals surface area contributed by atoms with Gasteiger partial charge >= 0.3 is 5.97 Å². The zero-order chi connectivity index (χ0) is 36.5. The maximum absolute atomic E-state index is 12.1. The van der Waals surface area contributed by atoms with E-state index >= 15 is 0 Å². The van der Waals surface area contributed by atoms with Gasteiger partial charge in [-0.25, -0.2) is 0 Å². The lowest BCUT2D eigenvalue weighted by molar-refractivity contribution is -0.144. The minimum Gasteiger partial charge on any atom is -0.493 e. The molecule has 0 saturated carbocycles. The number of aliphatic hydroxyl groups excluding tert-OH is 1. The zero-order valence-corrected chi connectivity index (χ0v) is 30.2. The fourth-order valence-electron chi connectivity index (χ4n) is 7.00. The number of hydrogen-bond donors (Lipinski definition) is 2. The van der Waals surface area contributed by atoms with Gasteiger partial charge in [-0.1, -0.05) is 54.4 Å². The van der Waals surface area contributed by atoms with E-state index < -0.39 is 12.0 Å². The topological polar surface area (TPSA) is 128 Å². The number of carbonyl (C=O) groups is 1. The van der Waals surface area contributed by atoms with Crippen LogP contribution in [-0.4, -0.2) is 75.9 Å². The van der Waals surface area contributed by atoms with Gasteiger partial charge in [0.1, 0.15) is 42.6 Å². The molecule has 0 spiro atoms. The molecule has 2 aliphatic heterocycles. The van der Waals surface area contributed by atoms with Gasteiger partial charge in [0, 0.05) is 61.3 Å². The van der Waals surface area contributed by atoms with E-state index in [1.807, 2.05) is 35.2 Å². The minimum atomic E-state index is -0.835. The lowest BCUT2D eigenvalue weighted by Crippen LogP contribution is -2.44. The Morgan fingerprint density at radius 3 is 2.58 bits per heavy atom. The van der Waals surface area contributed by atoms with Gasteiger partial charge in [0.05, 0.1) is 23.3 Å². The molecule has 0 radical (unpaired) electrons. The van der Waals surface area contributed by atoms with E-state index in [1.54, 1.807) is 24.4 Å². The number of halogens is 1. The van der Waals surface area contributed by atoms with Gasteiger partial charge in [0.2, 0.25) is 0 Å². The van der Waals surface area contributed by atoms with Crippen LogP contribution < -0.4 is 14.2 Å². The Morgan fingerprint density at radius 1 is 0.942 bits per heavy atom. The molecule has 10 nitrogen and oxygen atoms in total. The number of para-hydroxylation sites is 1. The lowest BCUT2D eigenvalue weighted by Gasteiger charge is -2.33. The molecule has 11 heteroatoms. The van der Waals surface area contributed by atoms with Crippen molar-refractivity contribution in [3.63, 3.8) is 0 Å². The first-order valence-corrected chi connectivity index (χ1v) is 18.3. The zero-order valence-electron chi connectivity index (χ0n) is 29.5. The summed E-state index contributed by atoms with van der Waals surface area (Å²) in [6.45, 7) is 6.64. The maximum Gasteiger partial charge on any atom is 0.320 e. The van der Waals surface area contributed by atoms with Crippen molar-refractivity contribution >= 4 is 17.6 Å². The van der Waals surface area contributed by atoms with E-state index in [0.717, 1.165) is 84.4 Å². The molecular weight excluding hydrogens is 680 g/mol. The summed E-state index contributed by atoms with van der Waals surface area (Å²) in [5.41, 5.74) is 6.01. The highest BCUT2D eigenvalue weighted by molar-refractivity contribution is 6.32. The number of aliphatic carboxylic acids is 1. The number of likely N-dealkylation sites (tertiary alicyclic amines) is 2. The number of pyridine rings is 1. The second kappa shape index (κ2) is 17.7. The van der Waals surface area contributed by atoms with Crippen molar-refractivity contribution in [2.45, 2.75) is 70.9 Å². The van der Waals surface area contributed by atoms with Crippen molar-refractivity contribution in [1.82, 2.24) is 14.8 Å². The van der Waals surface area contributed by atoms with Crippen LogP contribution in [0.1, 0.15) is 59.9 Å². The number of aliphatic hydroxyl groups is 1. The molecule has 4 aromatic rings. The SMILES string of the molecule is Cc1c(COc2cc(OCc3cncc(C#N)c3)c(CN3CCCC[C@H]3C(=O)O)cc2Cl)cccc1-c1ccccc1OCCCN1CC[C@@H](O)C1. The van der Waals surface area contributed by atoms with Crippen LogP contribution in [0.5, 0.6) is 17.2 Å². The van der Waals surface area contributed by atoms with Crippen LogP contribution in [0.4, 0.5) is 0 Å². The summed E-state index contributed by atoms with van der Waals surface area (Å²) < 4.78 is 18.9.